The normalized spacial score (nSPS) is 20.2. The molecule has 1 aliphatic carbocycles. The predicted molar refractivity (Wildman–Crippen MR) is 128 cm³/mol. The SMILES string of the molecule is O=C(CCC1CCN(C(=O)c2cc(C3CC3)[nH]n2)CC1)N1CCC(Cc2ccccc2)CC1. The molecule has 3 aliphatic rings. The zero-order valence-electron chi connectivity index (χ0n) is 19.5. The highest BCUT2D eigenvalue weighted by Gasteiger charge is 2.30. The monoisotopic (exact) mass is 448 g/mol. The van der Waals surface area contributed by atoms with Crippen LogP contribution in [-0.2, 0) is 11.2 Å². The Morgan fingerprint density at radius 1 is 0.879 bits per heavy atom. The largest absolute Gasteiger partial charge is 0.343 e. The molecule has 3 heterocycles. The maximum absolute atomic E-state index is 12.8. The van der Waals surface area contributed by atoms with Gasteiger partial charge in [0.05, 0.1) is 0 Å². The lowest BCUT2D eigenvalue weighted by molar-refractivity contribution is -0.133. The van der Waals surface area contributed by atoms with E-state index in [0.717, 1.165) is 70.4 Å². The highest BCUT2D eigenvalue weighted by molar-refractivity contribution is 5.92. The van der Waals surface area contributed by atoms with Crippen LogP contribution in [0, 0.1) is 11.8 Å². The molecule has 1 aromatic heterocycles. The van der Waals surface area contributed by atoms with Crippen molar-refractivity contribution >= 4 is 11.8 Å². The van der Waals surface area contributed by atoms with E-state index in [9.17, 15) is 9.59 Å². The average Bonchev–Trinajstić information content (AvgIpc) is 3.60. The number of carbonyl (C=O) groups is 2. The predicted octanol–water partition coefficient (Wildman–Crippen LogP) is 4.40. The van der Waals surface area contributed by atoms with Crippen LogP contribution in [0.1, 0.15) is 79.0 Å². The fourth-order valence-electron chi connectivity index (χ4n) is 5.46. The molecule has 2 aliphatic heterocycles. The van der Waals surface area contributed by atoms with Gasteiger partial charge in [-0.3, -0.25) is 14.7 Å². The molecule has 6 nitrogen and oxygen atoms in total. The Hall–Kier alpha value is -2.63. The quantitative estimate of drug-likeness (QED) is 0.683. The first kappa shape index (κ1) is 22.2. The molecule has 0 bridgehead atoms. The van der Waals surface area contributed by atoms with Crippen LogP contribution in [0.25, 0.3) is 0 Å². The lowest BCUT2D eigenvalue weighted by Gasteiger charge is -2.34. The molecule has 5 rings (SSSR count). The number of carbonyl (C=O) groups excluding carboxylic acids is 2. The smallest absolute Gasteiger partial charge is 0.274 e. The number of benzene rings is 1. The summed E-state index contributed by atoms with van der Waals surface area (Å²) in [5.41, 5.74) is 3.07. The van der Waals surface area contributed by atoms with Gasteiger partial charge in [0.15, 0.2) is 0 Å². The minimum atomic E-state index is 0.0473. The minimum Gasteiger partial charge on any atom is -0.343 e. The van der Waals surface area contributed by atoms with E-state index in [4.69, 9.17) is 0 Å². The molecular formula is C27H36N4O2. The Kier molecular flexibility index (Phi) is 6.79. The van der Waals surface area contributed by atoms with Gasteiger partial charge < -0.3 is 9.80 Å². The first-order valence-electron chi connectivity index (χ1n) is 12.8. The molecule has 1 saturated carbocycles. The van der Waals surface area contributed by atoms with Crippen LogP contribution in [0.5, 0.6) is 0 Å². The van der Waals surface area contributed by atoms with Gasteiger partial charge in [-0.25, -0.2) is 0 Å². The van der Waals surface area contributed by atoms with Gasteiger partial charge in [0.1, 0.15) is 5.69 Å². The number of aromatic nitrogens is 2. The van der Waals surface area contributed by atoms with Crippen molar-refractivity contribution in [2.24, 2.45) is 11.8 Å². The zero-order chi connectivity index (χ0) is 22.6. The molecule has 1 aromatic carbocycles. The summed E-state index contributed by atoms with van der Waals surface area (Å²) in [5.74, 6) is 2.17. The topological polar surface area (TPSA) is 69.3 Å². The summed E-state index contributed by atoms with van der Waals surface area (Å²) in [6, 6.07) is 12.6. The highest BCUT2D eigenvalue weighted by Crippen LogP contribution is 2.39. The highest BCUT2D eigenvalue weighted by atomic mass is 16.2. The second kappa shape index (κ2) is 10.1. The van der Waals surface area contributed by atoms with Gasteiger partial charge in [-0.2, -0.15) is 5.10 Å². The number of hydrogen-bond donors (Lipinski definition) is 1. The van der Waals surface area contributed by atoms with Crippen molar-refractivity contribution in [1.82, 2.24) is 20.0 Å². The number of piperidine rings is 2. The maximum atomic E-state index is 12.8. The lowest BCUT2D eigenvalue weighted by atomic mass is 9.89. The molecule has 33 heavy (non-hydrogen) atoms. The molecule has 2 aromatic rings. The third-order valence-corrected chi connectivity index (χ3v) is 7.84. The van der Waals surface area contributed by atoms with Crippen LogP contribution < -0.4 is 0 Å². The summed E-state index contributed by atoms with van der Waals surface area (Å²) in [7, 11) is 0. The third kappa shape index (κ3) is 5.66. The second-order valence-corrected chi connectivity index (χ2v) is 10.3. The molecule has 0 spiro atoms. The van der Waals surface area contributed by atoms with E-state index in [0.29, 0.717) is 35.8 Å². The van der Waals surface area contributed by atoms with E-state index in [1.807, 2.05) is 11.0 Å². The van der Waals surface area contributed by atoms with Crippen LogP contribution in [0.4, 0.5) is 0 Å². The lowest BCUT2D eigenvalue weighted by Crippen LogP contribution is -2.40. The summed E-state index contributed by atoms with van der Waals surface area (Å²) in [4.78, 5) is 29.5. The summed E-state index contributed by atoms with van der Waals surface area (Å²) >= 11 is 0. The van der Waals surface area contributed by atoms with Crippen LogP contribution in [0.15, 0.2) is 36.4 Å². The van der Waals surface area contributed by atoms with Crippen molar-refractivity contribution in [3.05, 3.63) is 53.3 Å². The number of amides is 2. The van der Waals surface area contributed by atoms with Gasteiger partial charge in [-0.05, 0) is 74.8 Å². The van der Waals surface area contributed by atoms with Gasteiger partial charge >= 0.3 is 0 Å². The first-order valence-corrected chi connectivity index (χ1v) is 12.8. The number of H-pyrrole nitrogens is 1. The molecule has 0 atom stereocenters. The van der Waals surface area contributed by atoms with Crippen LogP contribution in [0.3, 0.4) is 0 Å². The summed E-state index contributed by atoms with van der Waals surface area (Å²) in [6.45, 7) is 3.34. The van der Waals surface area contributed by atoms with Crippen LogP contribution in [0.2, 0.25) is 0 Å². The van der Waals surface area contributed by atoms with E-state index < -0.39 is 0 Å². The fraction of sp³-hybridized carbons (Fsp3) is 0.593. The molecule has 2 saturated heterocycles. The Balaban J connectivity index is 1.00. The van der Waals surface area contributed by atoms with Gasteiger partial charge in [0.25, 0.3) is 5.91 Å². The van der Waals surface area contributed by atoms with Gasteiger partial charge in [0.2, 0.25) is 5.91 Å². The van der Waals surface area contributed by atoms with Crippen LogP contribution in [-0.4, -0.2) is 58.0 Å². The van der Waals surface area contributed by atoms with Crippen molar-refractivity contribution in [2.45, 2.75) is 63.7 Å². The molecule has 176 valence electrons. The summed E-state index contributed by atoms with van der Waals surface area (Å²) in [5, 5.41) is 7.28. The summed E-state index contributed by atoms with van der Waals surface area (Å²) < 4.78 is 0. The van der Waals surface area contributed by atoms with Crippen molar-refractivity contribution in [3.8, 4) is 0 Å². The fourth-order valence-corrected chi connectivity index (χ4v) is 5.46. The molecule has 0 radical (unpaired) electrons. The summed E-state index contributed by atoms with van der Waals surface area (Å²) in [6.07, 6.45) is 9.30. The van der Waals surface area contributed by atoms with Gasteiger partial charge in [0, 0.05) is 44.2 Å². The van der Waals surface area contributed by atoms with E-state index in [1.54, 1.807) is 0 Å². The average molecular weight is 449 g/mol. The zero-order valence-corrected chi connectivity index (χ0v) is 19.5. The van der Waals surface area contributed by atoms with Crippen molar-refractivity contribution in [1.29, 1.82) is 0 Å². The molecule has 3 fully saturated rings. The number of nitrogens with one attached hydrogen (secondary N) is 1. The van der Waals surface area contributed by atoms with Gasteiger partial charge in [-0.1, -0.05) is 30.3 Å². The number of aromatic amines is 1. The standard InChI is InChI=1S/C27H36N4O2/c32-26(30-14-12-22(13-15-30)18-21-4-2-1-3-5-21)9-6-20-10-16-31(17-11-20)27(33)25-19-24(28-29-25)23-7-8-23/h1-5,19-20,22-23H,6-18H2,(H,28,29). The van der Waals surface area contributed by atoms with Crippen LogP contribution >= 0.6 is 0 Å². The van der Waals surface area contributed by atoms with Crippen molar-refractivity contribution in [3.63, 3.8) is 0 Å². The van der Waals surface area contributed by atoms with Crippen molar-refractivity contribution in [2.75, 3.05) is 26.2 Å². The molecule has 6 heteroatoms. The Bertz CT molecular complexity index is 936. The number of nitrogens with zero attached hydrogens (tertiary/aromatic N) is 3. The maximum Gasteiger partial charge on any atom is 0.274 e. The number of likely N-dealkylation sites (tertiary alicyclic amines) is 2. The molecule has 1 N–H and O–H groups in total. The second-order valence-electron chi connectivity index (χ2n) is 10.3. The Morgan fingerprint density at radius 2 is 1.55 bits per heavy atom. The number of hydrogen-bond acceptors (Lipinski definition) is 3. The van der Waals surface area contributed by atoms with Gasteiger partial charge in [-0.15, -0.1) is 0 Å². The molecule has 0 unspecified atom stereocenters. The molecule has 2 amide bonds. The number of rotatable bonds is 7. The minimum absolute atomic E-state index is 0.0473. The van der Waals surface area contributed by atoms with E-state index in [2.05, 4.69) is 45.4 Å². The Morgan fingerprint density at radius 3 is 2.24 bits per heavy atom. The van der Waals surface area contributed by atoms with E-state index in [-0.39, 0.29) is 5.91 Å². The Labute approximate surface area is 196 Å². The third-order valence-electron chi connectivity index (χ3n) is 7.84. The first-order chi connectivity index (χ1) is 16.2. The van der Waals surface area contributed by atoms with Crippen molar-refractivity contribution < 1.29 is 9.59 Å². The van der Waals surface area contributed by atoms with E-state index >= 15 is 0 Å². The van der Waals surface area contributed by atoms with E-state index in [1.165, 1.54) is 18.4 Å². The molecular weight excluding hydrogens is 412 g/mol.